The van der Waals surface area contributed by atoms with Crippen LogP contribution < -0.4 is 0 Å². The summed E-state index contributed by atoms with van der Waals surface area (Å²) in [7, 11) is 0. The maximum atomic E-state index is 4.46. The van der Waals surface area contributed by atoms with Crippen molar-refractivity contribution in [2.75, 3.05) is 6.61 Å². The molecule has 0 saturated heterocycles. The van der Waals surface area contributed by atoms with Crippen molar-refractivity contribution in [3.63, 3.8) is 0 Å². The van der Waals surface area contributed by atoms with Gasteiger partial charge in [0, 0.05) is 0 Å². The van der Waals surface area contributed by atoms with Gasteiger partial charge in [-0.1, -0.05) is 0 Å². The number of rotatable bonds is 1. The fraction of sp³-hybridized carbons (Fsp3) is 1.00. The topological polar surface area (TPSA) is 9.23 Å². The summed E-state index contributed by atoms with van der Waals surface area (Å²) < 4.78 is 4.46. The second kappa shape index (κ2) is 3.49. The van der Waals surface area contributed by atoms with Crippen LogP contribution in [0.25, 0.3) is 0 Å². The van der Waals surface area contributed by atoms with Gasteiger partial charge in [0.15, 0.2) is 0 Å². The maximum absolute atomic E-state index is 4.46. The van der Waals surface area contributed by atoms with Gasteiger partial charge in [0.05, 0.1) is 0 Å². The highest BCUT2D eigenvalue weighted by Crippen LogP contribution is 1.50. The van der Waals surface area contributed by atoms with Crippen LogP contribution >= 0.6 is 0 Å². The molecule has 0 spiro atoms. The molecule has 0 atom stereocenters. The Morgan fingerprint density at radius 3 is 2.25 bits per heavy atom. The van der Waals surface area contributed by atoms with Crippen molar-refractivity contribution < 1.29 is 3.79 Å². The van der Waals surface area contributed by atoms with Crippen molar-refractivity contribution in [2.24, 2.45) is 0 Å². The van der Waals surface area contributed by atoms with Crippen molar-refractivity contribution >= 4 is 16.6 Å². The molecule has 23 valence electrons. The average molecular weight is 72.0 g/mol. The minimum Gasteiger partial charge on any atom is -0.760 e. The molecule has 0 aliphatic rings. The zero-order valence-electron chi connectivity index (χ0n) is 2.69. The van der Waals surface area contributed by atoms with E-state index in [0.29, 0.717) is 0 Å². The van der Waals surface area contributed by atoms with E-state index in [1.165, 1.54) is 0 Å². The van der Waals surface area contributed by atoms with Gasteiger partial charge in [-0.05, 0) is 13.5 Å². The molecule has 0 saturated carbocycles. The van der Waals surface area contributed by atoms with E-state index in [1.54, 1.807) is 0 Å². The van der Waals surface area contributed by atoms with Gasteiger partial charge < -0.3 is 20.4 Å². The first-order chi connectivity index (χ1) is 1.91. The Balaban J connectivity index is 1.97. The van der Waals surface area contributed by atoms with Gasteiger partial charge >= 0.3 is 0 Å². The molecule has 1 nitrogen and oxygen atoms in total. The second-order valence-electron chi connectivity index (χ2n) is 0.455. The molecule has 0 amide bonds. The lowest BCUT2D eigenvalue weighted by Crippen LogP contribution is -1.76. The normalized spacial score (nSPS) is 7.50. The molecule has 0 rings (SSSR count). The van der Waals surface area contributed by atoms with Crippen LogP contribution in [-0.4, -0.2) is 23.2 Å². The van der Waals surface area contributed by atoms with Gasteiger partial charge in [-0.2, -0.15) is 0 Å². The number of hydrogen-bond acceptors (Lipinski definition) is 1. The van der Waals surface area contributed by atoms with E-state index < -0.39 is 0 Å². The molecule has 0 heterocycles. The highest BCUT2D eigenvalue weighted by molar-refractivity contribution is 5.97. The Kier molecular flexibility index (Phi) is 3.92. The zero-order valence-corrected chi connectivity index (χ0v) is 3.85. The molecule has 0 aliphatic carbocycles. The molecule has 0 unspecified atom stereocenters. The van der Waals surface area contributed by atoms with Crippen molar-refractivity contribution in [3.8, 4) is 0 Å². The average Bonchev–Trinajstić information content (AvgIpc) is 1.37. The predicted molar refractivity (Wildman–Crippen MR) is 17.4 cm³/mol. The Labute approximate surface area is 34.7 Å². The lowest BCUT2D eigenvalue weighted by Gasteiger charge is -2.02. The van der Waals surface area contributed by atoms with Gasteiger partial charge in [0.2, 0.25) is 0 Å². The smallest absolute Gasteiger partial charge is 0.0233 e. The second-order valence-corrected chi connectivity index (χ2v) is 0.789. The first-order valence-corrected chi connectivity index (χ1v) is 1.70. The molecule has 4 heavy (non-hydrogen) atoms. The fourth-order valence-electron chi connectivity index (χ4n) is 0. The zero-order chi connectivity index (χ0) is 3.41. The van der Waals surface area contributed by atoms with E-state index in [9.17, 15) is 0 Å². The van der Waals surface area contributed by atoms with E-state index in [4.69, 9.17) is 0 Å². The minimum atomic E-state index is 0.782. The summed E-state index contributed by atoms with van der Waals surface area (Å²) in [5.41, 5.74) is 0. The summed E-state index contributed by atoms with van der Waals surface area (Å²) in [4.78, 5) is 0. The third-order valence-corrected chi connectivity index (χ3v) is 0.500. The summed E-state index contributed by atoms with van der Waals surface area (Å²) in [6.45, 7) is 2.72. The highest BCUT2D eigenvalue weighted by atomic mass is 27.1. The molecule has 0 aromatic heterocycles. The van der Waals surface area contributed by atoms with Crippen molar-refractivity contribution in [1.82, 2.24) is 0 Å². The Hall–Kier alpha value is 0.492. The number of hydrogen-bond donors (Lipinski definition) is 0. The van der Waals surface area contributed by atoms with Gasteiger partial charge in [-0.15, -0.1) is 0 Å². The van der Waals surface area contributed by atoms with Crippen LogP contribution in [0.1, 0.15) is 6.92 Å². The maximum Gasteiger partial charge on any atom is -0.0233 e. The molecular weight excluding hydrogens is 67.0 g/mol. The Morgan fingerprint density at radius 2 is 2.25 bits per heavy atom. The molecule has 0 fully saturated rings. The summed E-state index contributed by atoms with van der Waals surface area (Å²) in [5, 5.41) is 0. The van der Waals surface area contributed by atoms with Crippen molar-refractivity contribution in [3.05, 3.63) is 0 Å². The SMILES string of the molecule is CC[O][Al-]. The molecule has 0 aromatic carbocycles. The van der Waals surface area contributed by atoms with E-state index in [1.807, 2.05) is 6.92 Å². The molecule has 2 heteroatoms. The third-order valence-electron chi connectivity index (χ3n) is 0.167. The van der Waals surface area contributed by atoms with Crippen LogP contribution in [0.5, 0.6) is 0 Å². The van der Waals surface area contributed by atoms with Gasteiger partial charge in [-0.3, -0.25) is 0 Å². The Morgan fingerprint density at radius 1 is 2.00 bits per heavy atom. The predicted octanol–water partition coefficient (Wildman–Crippen LogP) is 0.106. The van der Waals surface area contributed by atoms with Crippen LogP contribution in [-0.2, 0) is 3.79 Å². The first kappa shape index (κ1) is 4.49. The van der Waals surface area contributed by atoms with Crippen LogP contribution in [0.2, 0.25) is 0 Å². The molecule has 0 aliphatic heterocycles. The van der Waals surface area contributed by atoms with Crippen LogP contribution in [0.4, 0.5) is 0 Å². The van der Waals surface area contributed by atoms with E-state index >= 15 is 0 Å². The molecule has 0 bridgehead atoms. The quantitative estimate of drug-likeness (QED) is 0.399. The van der Waals surface area contributed by atoms with Crippen molar-refractivity contribution in [1.29, 1.82) is 0 Å². The van der Waals surface area contributed by atoms with Crippen LogP contribution in [0.3, 0.4) is 0 Å². The van der Waals surface area contributed by atoms with Crippen LogP contribution in [0.15, 0.2) is 0 Å². The molecular formula is C2H5AlO-. The van der Waals surface area contributed by atoms with Crippen LogP contribution in [0, 0.1) is 0 Å². The standard InChI is InChI=1S/C2H5O.Al/c1-2-3;/h2H2,1H3;/q-1;. The summed E-state index contributed by atoms with van der Waals surface area (Å²) in [5.74, 6) is 0. The largest absolute Gasteiger partial charge is 0.760 e. The van der Waals surface area contributed by atoms with Gasteiger partial charge in [-0.25, -0.2) is 0 Å². The van der Waals surface area contributed by atoms with Gasteiger partial charge in [0.25, 0.3) is 0 Å². The van der Waals surface area contributed by atoms with Gasteiger partial charge in [0.1, 0.15) is 0 Å². The van der Waals surface area contributed by atoms with E-state index in [-0.39, 0.29) is 0 Å². The van der Waals surface area contributed by atoms with E-state index in [0.717, 1.165) is 6.61 Å². The summed E-state index contributed by atoms with van der Waals surface area (Å²) in [6.07, 6.45) is 0. The molecule has 0 aromatic rings. The van der Waals surface area contributed by atoms with Crippen molar-refractivity contribution in [2.45, 2.75) is 6.92 Å². The minimum absolute atomic E-state index is 0.782. The molecule has 0 N–H and O–H groups in total. The highest BCUT2D eigenvalue weighted by Gasteiger charge is 1.35. The Bertz CT molecular complexity index is 8.00. The third kappa shape index (κ3) is 2.49. The lowest BCUT2D eigenvalue weighted by molar-refractivity contribution is 0.375. The molecule has 3 radical (unpaired) electrons. The van der Waals surface area contributed by atoms with E-state index in [2.05, 4.69) is 20.4 Å². The first-order valence-electron chi connectivity index (χ1n) is 1.23. The fourth-order valence-corrected chi connectivity index (χ4v) is 0. The lowest BCUT2D eigenvalue weighted by atomic mass is 10.9. The summed E-state index contributed by atoms with van der Waals surface area (Å²) >= 11 is 2.16. The summed E-state index contributed by atoms with van der Waals surface area (Å²) in [6, 6.07) is 0. The monoisotopic (exact) mass is 72.0 g/mol.